The van der Waals surface area contributed by atoms with Crippen LogP contribution in [0.5, 0.6) is 11.5 Å². The summed E-state index contributed by atoms with van der Waals surface area (Å²) >= 11 is 1.50. The van der Waals surface area contributed by atoms with Gasteiger partial charge in [-0.3, -0.25) is 38.5 Å². The number of carbonyl (C=O) groups excluding carboxylic acids is 7. The summed E-state index contributed by atoms with van der Waals surface area (Å²) in [5.41, 5.74) is 9.25. The third kappa shape index (κ3) is 16.6. The number of hydrogen-bond donors (Lipinski definition) is 14. The first-order chi connectivity index (χ1) is 45.6. The lowest BCUT2D eigenvalue weighted by atomic mass is 9.94. The van der Waals surface area contributed by atoms with E-state index in [4.69, 9.17) is 25.3 Å². The second-order valence-electron chi connectivity index (χ2n) is 24.9. The van der Waals surface area contributed by atoms with E-state index in [-0.39, 0.29) is 48.7 Å². The molecule has 10 rings (SSSR count). The molecule has 5 fully saturated rings. The quantitative estimate of drug-likeness (QED) is 0.0228. The van der Waals surface area contributed by atoms with E-state index in [0.717, 1.165) is 59.5 Å². The number of phenols is 1. The van der Waals surface area contributed by atoms with Gasteiger partial charge in [0.15, 0.2) is 11.5 Å². The molecule has 0 spiro atoms. The first-order valence-corrected chi connectivity index (χ1v) is 33.2. The van der Waals surface area contributed by atoms with Gasteiger partial charge in [-0.25, -0.2) is 14.8 Å². The van der Waals surface area contributed by atoms with Gasteiger partial charge in [0.05, 0.1) is 48.5 Å². The van der Waals surface area contributed by atoms with Gasteiger partial charge in [0.1, 0.15) is 41.3 Å². The van der Waals surface area contributed by atoms with Crippen molar-refractivity contribution in [3.05, 3.63) is 84.1 Å². The molecule has 3 aromatic carbocycles. The van der Waals surface area contributed by atoms with E-state index in [0.29, 0.717) is 22.3 Å². The molecule has 4 aliphatic heterocycles. The Morgan fingerprint density at radius 3 is 2.16 bits per heavy atom. The number of anilines is 1. The molecular weight excluding hydrogens is 1280 g/mol. The van der Waals surface area contributed by atoms with Crippen molar-refractivity contribution in [1.29, 1.82) is 0 Å². The Hall–Kier alpha value is -7.64. The van der Waals surface area contributed by atoms with Crippen molar-refractivity contribution >= 4 is 75.7 Å². The summed E-state index contributed by atoms with van der Waals surface area (Å²) in [5, 5.41) is 109. The highest BCUT2D eigenvalue weighted by Crippen LogP contribution is 2.34. The highest BCUT2D eigenvalue weighted by Gasteiger charge is 2.50. The van der Waals surface area contributed by atoms with Gasteiger partial charge in [-0.15, -0.1) is 0 Å². The van der Waals surface area contributed by atoms with E-state index in [2.05, 4.69) is 70.0 Å². The maximum atomic E-state index is 14.7. The number of nitrogens with one attached hydrogen (secondary N) is 5. The van der Waals surface area contributed by atoms with Crippen molar-refractivity contribution < 1.29 is 88.1 Å². The monoisotopic (exact) mass is 1360 g/mol. The number of fused-ring (bicyclic) bond motifs is 3. The van der Waals surface area contributed by atoms with E-state index in [9.17, 15) is 69.3 Å². The molecule has 6 heterocycles. The molecule has 13 atom stereocenters. The average molecular weight is 1360 g/mol. The lowest BCUT2D eigenvalue weighted by molar-refractivity contribution is -0.433. The van der Waals surface area contributed by atoms with Crippen LogP contribution in [-0.2, 0) is 44.6 Å². The standard InChI is InChI=1S/C62H81N13O18S2/c1-32-29-74-52(53(32)82)58(87)64-28-40(77)26-42(65-54(83)36-11-9-35(10-12-36)43-31-75-62(66-43)94-59(70-75)37-13-15-39(16-14-37)72-22-20-71(21-23-72)38-6-4-3-5-7-38)55(84)67-49(33(2)76)60(88)73-30-41(78)27-44(73)56(85)68-50(57(86)69-51(61(74)89)46(80)18-19-63)47(81)24-34-8-17-45(79)48(25-34)91-95-93-92-90/h8-17,25,31-33,38,40-42,44,46-47,49-53,76-82,90H,3-7,18-24,26-30,63H2,1-2H3,(H,64,87)(H,65,83)(H,67,84)(H,68,85)(H,69,86)/t32-,33+,40+,41+,42+,44+,46-,47-,49+,50+,51+,52+,53+/m1/s1. The number of imidazole rings is 1. The molecule has 5 aliphatic rings. The lowest BCUT2D eigenvalue weighted by Gasteiger charge is -2.41. The van der Waals surface area contributed by atoms with E-state index in [1.807, 2.05) is 0 Å². The van der Waals surface area contributed by atoms with E-state index >= 15 is 0 Å². The fourth-order valence-electron chi connectivity index (χ4n) is 13.0. The lowest BCUT2D eigenvalue weighted by Crippen LogP contribution is -2.64. The van der Waals surface area contributed by atoms with E-state index < -0.39 is 158 Å². The molecule has 0 unspecified atom stereocenters. The number of benzene rings is 3. The van der Waals surface area contributed by atoms with Gasteiger partial charge in [0.25, 0.3) is 18.2 Å². The van der Waals surface area contributed by atoms with Crippen molar-refractivity contribution in [1.82, 2.24) is 55.9 Å². The fraction of sp³-hybridized carbons (Fsp3) is 0.532. The SMILES string of the molecule is C[C@H](O)[C@@H]1NC(=O)[C@@H](NC(=O)c2ccc(-c3cn4nc(-c5ccc(N6CCN(C7CCCCC7)CC6)cc5)sc4n3)cc2)C[C@H](O)CNC(=O)[C@@H]2[C@@H](O)[C@H](C)CN2C(=O)[C@H]([C@H](O)CCN)NC(=O)[C@H]([C@H](O)Cc2ccc(O)c(OSOOO)c2)NC(=O)[C@@H]2C[C@H](O)CN2C1=O. The molecule has 0 bridgehead atoms. The minimum atomic E-state index is -2.10. The second kappa shape index (κ2) is 31.5. The number of rotatable bonds is 17. The number of hydrogen-bond acceptors (Lipinski definition) is 25. The Labute approximate surface area is 554 Å². The number of aliphatic hydroxyl groups is 6. The number of aromatic nitrogens is 3. The van der Waals surface area contributed by atoms with Crippen LogP contribution in [-0.4, -0.2) is 243 Å². The van der Waals surface area contributed by atoms with Crippen LogP contribution in [0.2, 0.25) is 0 Å². The number of phenolic OH excluding ortho intramolecular Hbond substituents is 1. The number of amides is 7. The minimum absolute atomic E-state index is 0.0342. The maximum Gasteiger partial charge on any atom is 0.261 e. The van der Waals surface area contributed by atoms with Gasteiger partial charge < -0.3 is 86.9 Å². The van der Waals surface area contributed by atoms with Crippen molar-refractivity contribution in [2.75, 3.05) is 57.3 Å². The predicted octanol–water partition coefficient (Wildman–Crippen LogP) is -1.05. The molecule has 15 N–H and O–H groups in total. The first kappa shape index (κ1) is 70.2. The van der Waals surface area contributed by atoms with Crippen LogP contribution >= 0.6 is 23.7 Å². The van der Waals surface area contributed by atoms with Gasteiger partial charge >= 0.3 is 0 Å². The van der Waals surface area contributed by atoms with Gasteiger partial charge in [-0.1, -0.05) is 65.1 Å². The van der Waals surface area contributed by atoms with E-state index in [1.54, 1.807) is 22.8 Å². The number of β-amino-alcohol motifs (C(OH)–C–C–N with tert-alkyl or cyclic N) is 1. The summed E-state index contributed by atoms with van der Waals surface area (Å²) in [6.07, 6.45) is -3.88. The van der Waals surface area contributed by atoms with Crippen LogP contribution in [0.15, 0.2) is 72.9 Å². The van der Waals surface area contributed by atoms with Gasteiger partial charge in [-0.05, 0) is 86.8 Å². The molecule has 31 nitrogen and oxygen atoms in total. The molecule has 514 valence electrons. The molecule has 1 aliphatic carbocycles. The van der Waals surface area contributed by atoms with Gasteiger partial charge in [0.2, 0.25) is 40.4 Å². The zero-order valence-corrected chi connectivity index (χ0v) is 53.8. The fourth-order valence-corrected chi connectivity index (χ4v) is 14.2. The summed E-state index contributed by atoms with van der Waals surface area (Å²) in [7, 11) is 0. The number of nitrogens with zero attached hydrogens (tertiary/aromatic N) is 7. The van der Waals surface area contributed by atoms with Crippen LogP contribution in [0.1, 0.15) is 81.1 Å². The highest BCUT2D eigenvalue weighted by atomic mass is 32.2. The third-order valence-electron chi connectivity index (χ3n) is 18.2. The Bertz CT molecular complexity index is 3490. The summed E-state index contributed by atoms with van der Waals surface area (Å²) in [4.78, 5) is 114. The topological polar surface area (TPSA) is 438 Å². The van der Waals surface area contributed by atoms with Crippen LogP contribution in [0.25, 0.3) is 26.8 Å². The van der Waals surface area contributed by atoms with Crippen molar-refractivity contribution in [3.8, 4) is 33.3 Å². The van der Waals surface area contributed by atoms with Gasteiger partial charge in [0, 0.05) is 99.4 Å². The molecule has 0 radical (unpaired) electrons. The van der Waals surface area contributed by atoms with Crippen LogP contribution in [0.3, 0.4) is 0 Å². The minimum Gasteiger partial charge on any atom is -0.504 e. The molecule has 2 aromatic heterocycles. The highest BCUT2D eigenvalue weighted by molar-refractivity contribution is 7.90. The Kier molecular flexibility index (Phi) is 23.3. The summed E-state index contributed by atoms with van der Waals surface area (Å²) < 4.78 is 11.0. The smallest absolute Gasteiger partial charge is 0.261 e. The van der Waals surface area contributed by atoms with Crippen LogP contribution < -0.4 is 41.4 Å². The van der Waals surface area contributed by atoms with Crippen molar-refractivity contribution in [2.24, 2.45) is 11.7 Å². The number of piperazine rings is 1. The Balaban J connectivity index is 0.879. The molecule has 5 aromatic rings. The zero-order valence-electron chi connectivity index (χ0n) is 52.2. The largest absolute Gasteiger partial charge is 0.504 e. The summed E-state index contributed by atoms with van der Waals surface area (Å²) in [5.74, 6) is -9.28. The molecule has 4 saturated heterocycles. The molecule has 33 heteroatoms. The predicted molar refractivity (Wildman–Crippen MR) is 342 cm³/mol. The van der Waals surface area contributed by atoms with Crippen molar-refractivity contribution in [2.45, 2.75) is 151 Å². The number of aliphatic hydroxyl groups excluding tert-OH is 6. The van der Waals surface area contributed by atoms with Gasteiger partial charge in [-0.2, -0.15) is 5.10 Å². The molecule has 7 amide bonds. The van der Waals surface area contributed by atoms with Crippen molar-refractivity contribution in [3.63, 3.8) is 0 Å². The Morgan fingerprint density at radius 1 is 0.789 bits per heavy atom. The average Bonchev–Trinajstić information content (AvgIpc) is 1.27. The second-order valence-corrected chi connectivity index (χ2v) is 26.3. The molecular formula is C62H81N13O18S2. The summed E-state index contributed by atoms with van der Waals surface area (Å²) in [6.45, 7) is 4.97. The van der Waals surface area contributed by atoms with E-state index in [1.165, 1.54) is 80.3 Å². The molecule has 1 saturated carbocycles. The maximum absolute atomic E-state index is 14.7. The number of carbonyl (C=O) groups is 7. The summed E-state index contributed by atoms with van der Waals surface area (Å²) in [6, 6.07) is 7.79. The Morgan fingerprint density at radius 2 is 1.47 bits per heavy atom. The molecule has 95 heavy (non-hydrogen) atoms. The normalized spacial score (nSPS) is 26.8. The zero-order chi connectivity index (χ0) is 67.8. The third-order valence-corrected chi connectivity index (χ3v) is 19.6. The number of aromatic hydroxyl groups is 1. The van der Waals surface area contributed by atoms with Crippen LogP contribution in [0, 0.1) is 5.92 Å². The number of nitrogens with two attached hydrogens (primary N) is 1. The van der Waals surface area contributed by atoms with Crippen LogP contribution in [0.4, 0.5) is 5.69 Å². The first-order valence-electron chi connectivity index (χ1n) is 31.7.